The number of benzene rings is 10. The minimum absolute atomic E-state index is 0.587. The number of fused-ring (bicyclic) bond motifs is 12. The molecule has 5 nitrogen and oxygen atoms in total. The summed E-state index contributed by atoms with van der Waals surface area (Å²) in [5, 5.41) is 14.2. The van der Waals surface area contributed by atoms with Crippen LogP contribution in [0.1, 0.15) is 0 Å². The van der Waals surface area contributed by atoms with Crippen molar-refractivity contribution < 1.29 is 4.42 Å². The van der Waals surface area contributed by atoms with E-state index in [2.05, 4.69) is 199 Å². The molecule has 3 aromatic heterocycles. The molecular weight excluding hydrogens is 733 g/mol. The van der Waals surface area contributed by atoms with Crippen LogP contribution in [0.4, 0.5) is 0 Å². The molecule has 0 bridgehead atoms. The van der Waals surface area contributed by atoms with Crippen molar-refractivity contribution >= 4 is 86.8 Å². The maximum absolute atomic E-state index is 6.76. The second kappa shape index (κ2) is 12.7. The van der Waals surface area contributed by atoms with Gasteiger partial charge in [-0.05, 0) is 91.6 Å². The van der Waals surface area contributed by atoms with E-state index in [9.17, 15) is 0 Å². The number of furan rings is 1. The Morgan fingerprint density at radius 2 is 0.733 bits per heavy atom. The van der Waals surface area contributed by atoms with Crippen LogP contribution < -0.4 is 0 Å². The summed E-state index contributed by atoms with van der Waals surface area (Å²) in [6.07, 6.45) is 0. The Bertz CT molecular complexity index is 3720. The van der Waals surface area contributed by atoms with E-state index >= 15 is 0 Å². The van der Waals surface area contributed by atoms with Crippen molar-refractivity contribution in [1.29, 1.82) is 0 Å². The van der Waals surface area contributed by atoms with Crippen LogP contribution in [0.15, 0.2) is 199 Å². The summed E-state index contributed by atoms with van der Waals surface area (Å²) in [6, 6.07) is 68.7. The van der Waals surface area contributed by atoms with Crippen LogP contribution in [-0.2, 0) is 0 Å². The van der Waals surface area contributed by atoms with Crippen molar-refractivity contribution in [3.8, 4) is 39.9 Å². The van der Waals surface area contributed by atoms with Crippen LogP contribution in [0.25, 0.3) is 127 Å². The van der Waals surface area contributed by atoms with Gasteiger partial charge in [-0.15, -0.1) is 0 Å². The average Bonchev–Trinajstić information content (AvgIpc) is 3.86. The molecule has 10 aromatic carbocycles. The third-order valence-corrected chi connectivity index (χ3v) is 12.2. The standard InChI is InChI=1S/C55H32N4O/c1-3-13-37-29-39(19-17-33(37)9-1)53-56-54(40-20-18-34-10-2-4-14-38(34)30-40)58-55(57-53)41-21-25-45-46-26-24-42(32-50(46)60-49(45)31-41)59-47-27-22-35-11-5-7-15-43(35)51(47)52-44-16-8-6-12-36(44)23-28-48(52)59/h1-32H. The summed E-state index contributed by atoms with van der Waals surface area (Å²) in [5.41, 5.74) is 7.69. The summed E-state index contributed by atoms with van der Waals surface area (Å²) in [4.78, 5) is 15.3. The van der Waals surface area contributed by atoms with Crippen LogP contribution in [0.3, 0.4) is 0 Å². The second-order valence-electron chi connectivity index (χ2n) is 15.6. The van der Waals surface area contributed by atoms with E-state index in [-0.39, 0.29) is 0 Å². The van der Waals surface area contributed by atoms with Gasteiger partial charge < -0.3 is 8.98 Å². The fourth-order valence-electron chi connectivity index (χ4n) is 9.29. The first-order chi connectivity index (χ1) is 29.7. The maximum Gasteiger partial charge on any atom is 0.164 e. The topological polar surface area (TPSA) is 56.7 Å². The first-order valence-electron chi connectivity index (χ1n) is 20.3. The normalized spacial score (nSPS) is 12.0. The fourth-order valence-corrected chi connectivity index (χ4v) is 9.29. The summed E-state index contributed by atoms with van der Waals surface area (Å²) < 4.78 is 9.14. The summed E-state index contributed by atoms with van der Waals surface area (Å²) in [7, 11) is 0. The minimum atomic E-state index is 0.587. The van der Waals surface area contributed by atoms with Crippen LogP contribution in [0.5, 0.6) is 0 Å². The van der Waals surface area contributed by atoms with Gasteiger partial charge in [0.2, 0.25) is 0 Å². The Morgan fingerprint density at radius 3 is 1.28 bits per heavy atom. The van der Waals surface area contributed by atoms with Gasteiger partial charge in [-0.2, -0.15) is 0 Å². The van der Waals surface area contributed by atoms with Gasteiger partial charge >= 0.3 is 0 Å². The Balaban J connectivity index is 0.978. The molecule has 0 spiro atoms. The zero-order valence-corrected chi connectivity index (χ0v) is 32.2. The van der Waals surface area contributed by atoms with Gasteiger partial charge in [-0.1, -0.05) is 140 Å². The highest BCUT2D eigenvalue weighted by molar-refractivity contribution is 6.28. The Morgan fingerprint density at radius 1 is 0.317 bits per heavy atom. The van der Waals surface area contributed by atoms with E-state index in [1.807, 2.05) is 0 Å². The van der Waals surface area contributed by atoms with Gasteiger partial charge in [0, 0.05) is 50.0 Å². The van der Waals surface area contributed by atoms with E-state index in [0.717, 1.165) is 66.1 Å². The Labute approximate surface area is 343 Å². The number of rotatable bonds is 4. The second-order valence-corrected chi connectivity index (χ2v) is 15.6. The number of hydrogen-bond acceptors (Lipinski definition) is 4. The lowest BCUT2D eigenvalue weighted by Gasteiger charge is -2.10. The molecule has 5 heteroatoms. The van der Waals surface area contributed by atoms with Gasteiger partial charge in [-0.25, -0.2) is 15.0 Å². The van der Waals surface area contributed by atoms with E-state index in [1.54, 1.807) is 0 Å². The lowest BCUT2D eigenvalue weighted by molar-refractivity contribution is 0.668. The van der Waals surface area contributed by atoms with Gasteiger partial charge in [0.1, 0.15) is 11.2 Å². The third kappa shape index (κ3) is 5.03. The Hall–Kier alpha value is -8.15. The molecule has 0 atom stereocenters. The van der Waals surface area contributed by atoms with Crippen molar-refractivity contribution in [2.24, 2.45) is 0 Å². The van der Waals surface area contributed by atoms with E-state index < -0.39 is 0 Å². The van der Waals surface area contributed by atoms with Gasteiger partial charge in [0.05, 0.1) is 11.0 Å². The van der Waals surface area contributed by atoms with E-state index in [4.69, 9.17) is 19.4 Å². The highest BCUT2D eigenvalue weighted by Gasteiger charge is 2.20. The summed E-state index contributed by atoms with van der Waals surface area (Å²) >= 11 is 0. The first kappa shape index (κ1) is 32.9. The highest BCUT2D eigenvalue weighted by atomic mass is 16.3. The van der Waals surface area contributed by atoms with Crippen LogP contribution in [0, 0.1) is 0 Å². The molecule has 0 aliphatic carbocycles. The van der Waals surface area contributed by atoms with E-state index in [0.29, 0.717) is 17.5 Å². The zero-order chi connectivity index (χ0) is 39.3. The predicted octanol–water partition coefficient (Wildman–Crippen LogP) is 14.5. The number of nitrogens with zero attached hydrogens (tertiary/aromatic N) is 4. The molecule has 0 fully saturated rings. The number of hydrogen-bond donors (Lipinski definition) is 0. The summed E-state index contributed by atoms with van der Waals surface area (Å²) in [5.74, 6) is 1.83. The van der Waals surface area contributed by atoms with Crippen molar-refractivity contribution in [2.45, 2.75) is 0 Å². The maximum atomic E-state index is 6.76. The minimum Gasteiger partial charge on any atom is -0.456 e. The van der Waals surface area contributed by atoms with Gasteiger partial charge in [-0.3, -0.25) is 0 Å². The lowest BCUT2D eigenvalue weighted by Crippen LogP contribution is -2.00. The monoisotopic (exact) mass is 764 g/mol. The smallest absolute Gasteiger partial charge is 0.164 e. The van der Waals surface area contributed by atoms with Gasteiger partial charge in [0.15, 0.2) is 17.5 Å². The molecule has 60 heavy (non-hydrogen) atoms. The van der Waals surface area contributed by atoms with Crippen molar-refractivity contribution in [3.63, 3.8) is 0 Å². The SMILES string of the molecule is c1ccc2cc(-c3nc(-c4ccc5ccccc5c4)nc(-c4ccc5c(c4)oc4cc(-n6c7ccc8ccccc8c7c7c8ccccc8ccc76)ccc45)n3)ccc2c1. The Kier molecular flexibility index (Phi) is 6.95. The molecule has 0 aliphatic heterocycles. The van der Waals surface area contributed by atoms with Crippen LogP contribution in [0.2, 0.25) is 0 Å². The quantitative estimate of drug-likeness (QED) is 0.179. The van der Waals surface area contributed by atoms with E-state index in [1.165, 1.54) is 43.1 Å². The molecule has 278 valence electrons. The molecule has 0 saturated heterocycles. The largest absolute Gasteiger partial charge is 0.456 e. The number of aromatic nitrogens is 4. The summed E-state index contributed by atoms with van der Waals surface area (Å²) in [6.45, 7) is 0. The van der Waals surface area contributed by atoms with Crippen molar-refractivity contribution in [2.75, 3.05) is 0 Å². The molecule has 0 radical (unpaired) electrons. The average molecular weight is 765 g/mol. The highest BCUT2D eigenvalue weighted by Crippen LogP contribution is 2.42. The van der Waals surface area contributed by atoms with Crippen molar-refractivity contribution in [1.82, 2.24) is 19.5 Å². The lowest BCUT2D eigenvalue weighted by atomic mass is 10.00. The first-order valence-corrected chi connectivity index (χ1v) is 20.3. The molecule has 0 aliphatic rings. The molecular formula is C55H32N4O. The van der Waals surface area contributed by atoms with Crippen LogP contribution in [-0.4, -0.2) is 19.5 Å². The molecule has 0 amide bonds. The van der Waals surface area contributed by atoms with Gasteiger partial charge in [0.25, 0.3) is 0 Å². The van der Waals surface area contributed by atoms with Crippen LogP contribution >= 0.6 is 0 Å². The molecule has 0 unspecified atom stereocenters. The molecule has 13 aromatic rings. The predicted molar refractivity (Wildman–Crippen MR) is 248 cm³/mol. The molecule has 3 heterocycles. The van der Waals surface area contributed by atoms with Crippen molar-refractivity contribution in [3.05, 3.63) is 194 Å². The molecule has 0 N–H and O–H groups in total. The zero-order valence-electron chi connectivity index (χ0n) is 32.2. The molecule has 0 saturated carbocycles. The fraction of sp³-hybridized carbons (Fsp3) is 0. The molecule has 13 rings (SSSR count). The third-order valence-electron chi connectivity index (χ3n) is 12.2.